The van der Waals surface area contributed by atoms with E-state index in [1.807, 2.05) is 0 Å². The highest BCUT2D eigenvalue weighted by atomic mass is 79.9. The second-order valence-electron chi connectivity index (χ2n) is 4.69. The Kier molecular flexibility index (Phi) is 4.43. The number of nitro benzene ring substituents is 1. The number of hydrogen-bond donors (Lipinski definition) is 3. The van der Waals surface area contributed by atoms with Crippen molar-refractivity contribution in [2.24, 2.45) is 5.10 Å². The number of nitro groups is 1. The number of methoxy groups -OCH3 is 1. The highest BCUT2D eigenvalue weighted by Crippen LogP contribution is 2.33. The van der Waals surface area contributed by atoms with Crippen LogP contribution in [-0.2, 0) is 0 Å². The van der Waals surface area contributed by atoms with E-state index >= 15 is 0 Å². The van der Waals surface area contributed by atoms with Gasteiger partial charge in [-0.25, -0.2) is 10.4 Å². The lowest BCUT2D eigenvalue weighted by Gasteiger charge is -2.06. The molecule has 1 aromatic carbocycles. The minimum absolute atomic E-state index is 0.0583. The zero-order valence-electron chi connectivity index (χ0n) is 12.6. The number of hydrogen-bond acceptors (Lipinski definition) is 8. The molecular formula is C13H10BrN7O4. The quantitative estimate of drug-likeness (QED) is 0.331. The molecule has 3 rings (SSSR count). The molecule has 3 N–H and O–H groups in total. The highest BCUT2D eigenvalue weighted by molar-refractivity contribution is 9.10. The van der Waals surface area contributed by atoms with Gasteiger partial charge in [0.2, 0.25) is 11.7 Å². The van der Waals surface area contributed by atoms with E-state index in [0.717, 1.165) is 0 Å². The topological polar surface area (TPSA) is 151 Å². The molecule has 0 amide bonds. The van der Waals surface area contributed by atoms with Crippen LogP contribution in [-0.4, -0.2) is 38.2 Å². The predicted octanol–water partition coefficient (Wildman–Crippen LogP) is 1.77. The van der Waals surface area contributed by atoms with E-state index in [4.69, 9.17) is 4.74 Å². The zero-order chi connectivity index (χ0) is 18.0. The standard InChI is InChI=1S/C13H10BrN7O4/c1-25-10-6(2-7(14)3-8(10)21(23)24)4-17-20-13-18-11-9(12(22)19-13)15-5-16-11/h2-5H,1H3,(H3,15,16,18,19,20,22)/b17-4+. The van der Waals surface area contributed by atoms with E-state index in [-0.39, 0.29) is 28.5 Å². The molecule has 0 aliphatic heterocycles. The van der Waals surface area contributed by atoms with Gasteiger partial charge in [0.05, 0.1) is 24.6 Å². The maximum Gasteiger partial charge on any atom is 0.312 e. The average molecular weight is 408 g/mol. The summed E-state index contributed by atoms with van der Waals surface area (Å²) in [5.41, 5.74) is 2.77. The van der Waals surface area contributed by atoms with Crippen molar-refractivity contribution < 1.29 is 9.66 Å². The molecule has 2 heterocycles. The molecular weight excluding hydrogens is 398 g/mol. The monoisotopic (exact) mass is 407 g/mol. The molecule has 0 radical (unpaired) electrons. The molecule has 0 atom stereocenters. The SMILES string of the molecule is COc1c(/C=N/Nc2nc3nc[nH]c3c(=O)[nH]2)cc(Br)cc1[N+](=O)[O-]. The van der Waals surface area contributed by atoms with Crippen molar-refractivity contribution in [1.82, 2.24) is 19.9 Å². The molecule has 0 saturated heterocycles. The van der Waals surface area contributed by atoms with E-state index < -0.39 is 10.5 Å². The normalized spacial score (nSPS) is 11.1. The molecule has 0 aliphatic carbocycles. The Labute approximate surface area is 147 Å². The number of H-pyrrole nitrogens is 2. The van der Waals surface area contributed by atoms with Crippen molar-refractivity contribution in [1.29, 1.82) is 0 Å². The average Bonchev–Trinajstić information content (AvgIpc) is 3.03. The number of nitrogens with zero attached hydrogens (tertiary/aromatic N) is 4. The van der Waals surface area contributed by atoms with Crippen LogP contribution in [0.5, 0.6) is 5.75 Å². The predicted molar refractivity (Wildman–Crippen MR) is 93.1 cm³/mol. The lowest BCUT2D eigenvalue weighted by molar-refractivity contribution is -0.385. The number of aromatic nitrogens is 4. The minimum Gasteiger partial charge on any atom is -0.490 e. The summed E-state index contributed by atoms with van der Waals surface area (Å²) in [6.45, 7) is 0. The van der Waals surface area contributed by atoms with Crippen LogP contribution in [0.1, 0.15) is 5.56 Å². The van der Waals surface area contributed by atoms with Gasteiger partial charge in [-0.1, -0.05) is 15.9 Å². The van der Waals surface area contributed by atoms with E-state index in [9.17, 15) is 14.9 Å². The summed E-state index contributed by atoms with van der Waals surface area (Å²) < 4.78 is 5.58. The van der Waals surface area contributed by atoms with Gasteiger partial charge in [0.25, 0.3) is 5.56 Å². The number of fused-ring (bicyclic) bond motifs is 1. The maximum atomic E-state index is 11.8. The Balaban J connectivity index is 1.91. The summed E-state index contributed by atoms with van der Waals surface area (Å²) in [5, 5.41) is 15.0. The fourth-order valence-electron chi connectivity index (χ4n) is 2.11. The van der Waals surface area contributed by atoms with Gasteiger partial charge in [-0.2, -0.15) is 10.1 Å². The van der Waals surface area contributed by atoms with E-state index in [0.29, 0.717) is 10.0 Å². The van der Waals surface area contributed by atoms with Gasteiger partial charge in [-0.05, 0) is 6.07 Å². The van der Waals surface area contributed by atoms with E-state index in [1.54, 1.807) is 6.07 Å². The summed E-state index contributed by atoms with van der Waals surface area (Å²) in [5.74, 6) is 0.132. The van der Waals surface area contributed by atoms with Crippen LogP contribution in [0.3, 0.4) is 0 Å². The third-order valence-electron chi connectivity index (χ3n) is 3.13. The van der Waals surface area contributed by atoms with Crippen molar-refractivity contribution in [2.45, 2.75) is 0 Å². The van der Waals surface area contributed by atoms with Gasteiger partial charge in [0.1, 0.15) is 0 Å². The highest BCUT2D eigenvalue weighted by Gasteiger charge is 2.19. The Morgan fingerprint density at radius 3 is 3.00 bits per heavy atom. The van der Waals surface area contributed by atoms with Crippen molar-refractivity contribution in [3.05, 3.63) is 49.0 Å². The molecule has 0 aliphatic rings. The summed E-state index contributed by atoms with van der Waals surface area (Å²) >= 11 is 3.20. The van der Waals surface area contributed by atoms with E-state index in [1.165, 1.54) is 25.7 Å². The lowest BCUT2D eigenvalue weighted by atomic mass is 10.2. The first-order valence-electron chi connectivity index (χ1n) is 6.74. The molecule has 25 heavy (non-hydrogen) atoms. The third-order valence-corrected chi connectivity index (χ3v) is 3.59. The van der Waals surface area contributed by atoms with Gasteiger partial charge in [0, 0.05) is 16.1 Å². The van der Waals surface area contributed by atoms with Crippen LogP contribution in [0.25, 0.3) is 11.2 Å². The molecule has 2 aromatic heterocycles. The van der Waals surface area contributed by atoms with Crippen LogP contribution >= 0.6 is 15.9 Å². The molecule has 0 unspecified atom stereocenters. The number of ether oxygens (including phenoxy) is 1. The second-order valence-corrected chi connectivity index (χ2v) is 5.61. The van der Waals surface area contributed by atoms with Crippen LogP contribution < -0.4 is 15.7 Å². The van der Waals surface area contributed by atoms with Crippen molar-refractivity contribution in [3.63, 3.8) is 0 Å². The fraction of sp³-hybridized carbons (Fsp3) is 0.0769. The Hall–Kier alpha value is -3.28. The first-order valence-corrected chi connectivity index (χ1v) is 7.53. The van der Waals surface area contributed by atoms with Crippen LogP contribution in [0.2, 0.25) is 0 Å². The summed E-state index contributed by atoms with van der Waals surface area (Å²) in [7, 11) is 1.32. The molecule has 12 heteroatoms. The molecule has 11 nitrogen and oxygen atoms in total. The number of rotatable bonds is 5. The molecule has 0 spiro atoms. The number of nitrogens with one attached hydrogen (secondary N) is 3. The van der Waals surface area contributed by atoms with Crippen LogP contribution in [0.15, 0.2) is 32.8 Å². The molecule has 0 fully saturated rings. The lowest BCUT2D eigenvalue weighted by Crippen LogP contribution is -2.11. The van der Waals surface area contributed by atoms with Crippen molar-refractivity contribution >= 4 is 44.9 Å². The third kappa shape index (κ3) is 3.33. The molecule has 0 saturated carbocycles. The van der Waals surface area contributed by atoms with Gasteiger partial charge in [-0.15, -0.1) is 0 Å². The van der Waals surface area contributed by atoms with Crippen LogP contribution in [0.4, 0.5) is 11.6 Å². The van der Waals surface area contributed by atoms with Gasteiger partial charge < -0.3 is 9.72 Å². The minimum atomic E-state index is -0.557. The van der Waals surface area contributed by atoms with Gasteiger partial charge in [-0.3, -0.25) is 19.9 Å². The summed E-state index contributed by atoms with van der Waals surface area (Å²) in [4.78, 5) is 35.4. The number of benzene rings is 1. The molecule has 128 valence electrons. The Morgan fingerprint density at radius 2 is 2.28 bits per heavy atom. The largest absolute Gasteiger partial charge is 0.490 e. The Bertz CT molecular complexity index is 1040. The van der Waals surface area contributed by atoms with Crippen molar-refractivity contribution in [3.8, 4) is 5.75 Å². The number of anilines is 1. The molecule has 0 bridgehead atoms. The first-order chi connectivity index (χ1) is 12.0. The first kappa shape index (κ1) is 16.6. The fourth-order valence-corrected chi connectivity index (χ4v) is 2.58. The van der Waals surface area contributed by atoms with E-state index in [2.05, 4.69) is 46.4 Å². The number of imidazole rings is 1. The summed E-state index contributed by atoms with van der Waals surface area (Å²) in [6, 6.07) is 2.93. The smallest absolute Gasteiger partial charge is 0.312 e. The van der Waals surface area contributed by atoms with Crippen molar-refractivity contribution in [2.75, 3.05) is 12.5 Å². The number of hydrazone groups is 1. The van der Waals surface area contributed by atoms with Crippen LogP contribution in [0, 0.1) is 10.1 Å². The number of halogens is 1. The number of aromatic amines is 2. The second kappa shape index (κ2) is 6.68. The zero-order valence-corrected chi connectivity index (χ0v) is 14.2. The van der Waals surface area contributed by atoms with Gasteiger partial charge in [0.15, 0.2) is 11.2 Å². The summed E-state index contributed by atoms with van der Waals surface area (Å²) in [6.07, 6.45) is 2.66. The Morgan fingerprint density at radius 1 is 1.48 bits per heavy atom. The van der Waals surface area contributed by atoms with Gasteiger partial charge >= 0.3 is 5.69 Å². The molecule has 3 aromatic rings. The maximum absolute atomic E-state index is 11.8.